The van der Waals surface area contributed by atoms with Crippen LogP contribution in [0.25, 0.3) is 0 Å². The second kappa shape index (κ2) is 23.8. The number of benzene rings is 4. The lowest BCUT2D eigenvalue weighted by Gasteiger charge is -2.30. The number of aryl methyl sites for hydroxylation is 2. The number of imide groups is 2. The summed E-state index contributed by atoms with van der Waals surface area (Å²) >= 11 is 0. The Hall–Kier alpha value is -8.22. The van der Waals surface area contributed by atoms with Gasteiger partial charge in [0.15, 0.2) is 34.9 Å². The Bertz CT molecular complexity index is 3070. The van der Waals surface area contributed by atoms with E-state index in [1.165, 1.54) is 19.0 Å². The summed E-state index contributed by atoms with van der Waals surface area (Å²) < 4.78 is 90.7. The van der Waals surface area contributed by atoms with Crippen molar-refractivity contribution in [2.75, 3.05) is 37.8 Å². The van der Waals surface area contributed by atoms with Crippen LogP contribution in [0, 0.1) is 34.9 Å². The summed E-state index contributed by atoms with van der Waals surface area (Å²) in [5, 5.41) is 22.2. The molecule has 0 aromatic heterocycles. The van der Waals surface area contributed by atoms with Crippen LogP contribution in [-0.2, 0) is 52.7 Å². The van der Waals surface area contributed by atoms with Gasteiger partial charge in [0.05, 0.1) is 6.04 Å². The van der Waals surface area contributed by atoms with E-state index in [-0.39, 0.29) is 51.4 Å². The number of urea groups is 2. The van der Waals surface area contributed by atoms with Gasteiger partial charge in [-0.15, -0.1) is 0 Å². The Morgan fingerprint density at radius 1 is 0.633 bits per heavy atom. The third-order valence-corrected chi connectivity index (χ3v) is 14.4. The number of carboxylic acids is 1. The number of rotatable bonds is 8. The predicted octanol–water partition coefficient (Wildman–Crippen LogP) is 8.56. The van der Waals surface area contributed by atoms with E-state index >= 15 is 0 Å². The van der Waals surface area contributed by atoms with Gasteiger partial charge in [-0.05, 0) is 123 Å². The first-order valence-electron chi connectivity index (χ1n) is 24.4. The normalized spacial score (nSPS) is 23.1. The quantitative estimate of drug-likeness (QED) is 0.0718. The molecule has 4 fully saturated rings. The average molecular weight is 1110 g/mol. The molecule has 19 nitrogen and oxygen atoms in total. The van der Waals surface area contributed by atoms with Crippen LogP contribution in [0.15, 0.2) is 60.7 Å². The highest BCUT2D eigenvalue weighted by atomic mass is 19.2. The molecule has 0 saturated carbocycles. The Kier molecular flexibility index (Phi) is 18.1. The predicted molar refractivity (Wildman–Crippen MR) is 272 cm³/mol. The van der Waals surface area contributed by atoms with Crippen molar-refractivity contribution in [1.29, 1.82) is 0 Å². The van der Waals surface area contributed by atoms with Crippen LogP contribution in [0.1, 0.15) is 113 Å². The summed E-state index contributed by atoms with van der Waals surface area (Å²) in [6.45, 7) is 2.41. The number of ether oxygens (including phenoxy) is 2. The van der Waals surface area contributed by atoms with Crippen molar-refractivity contribution in [3.8, 4) is 0 Å². The molecule has 10 rings (SSSR count). The van der Waals surface area contributed by atoms with Gasteiger partial charge in [0.25, 0.3) is 11.8 Å². The van der Waals surface area contributed by atoms with Crippen LogP contribution in [-0.4, -0.2) is 107 Å². The number of nitrogens with zero attached hydrogens (tertiary/aromatic N) is 3. The average Bonchev–Trinajstić information content (AvgIpc) is 4.33. The van der Waals surface area contributed by atoms with Crippen molar-refractivity contribution in [3.05, 3.63) is 129 Å². The first-order valence-corrected chi connectivity index (χ1v) is 24.4. The molecule has 4 aromatic rings. The van der Waals surface area contributed by atoms with Gasteiger partial charge in [-0.3, -0.25) is 19.2 Å². The van der Waals surface area contributed by atoms with Gasteiger partial charge in [-0.25, -0.2) is 55.3 Å². The highest BCUT2D eigenvalue weighted by Crippen LogP contribution is 2.48. The van der Waals surface area contributed by atoms with Gasteiger partial charge in [0, 0.05) is 67.6 Å². The molecule has 0 bridgehead atoms. The monoisotopic (exact) mass is 1110 g/mol. The number of amides is 9. The topological polar surface area (TPSA) is 245 Å². The molecular formula is C54H60F6N8O11. The minimum Gasteiger partial charge on any atom is -0.480 e. The number of fused-ring (bicyclic) bond motifs is 4. The lowest BCUT2D eigenvalue weighted by atomic mass is 9.94. The van der Waals surface area contributed by atoms with E-state index in [1.807, 2.05) is 6.92 Å². The highest BCUT2D eigenvalue weighted by molar-refractivity contribution is 6.07. The minimum absolute atomic E-state index is 0. The summed E-state index contributed by atoms with van der Waals surface area (Å²) in [6, 6.07) is 12.1. The van der Waals surface area contributed by atoms with E-state index in [1.54, 1.807) is 43.3 Å². The fourth-order valence-electron chi connectivity index (χ4n) is 10.7. The second-order valence-corrected chi connectivity index (χ2v) is 19.3. The third kappa shape index (κ3) is 11.7. The number of hydrogen-bond acceptors (Lipinski definition) is 11. The molecule has 2 aliphatic carbocycles. The van der Waals surface area contributed by atoms with Gasteiger partial charge in [-0.2, -0.15) is 0 Å². The molecule has 424 valence electrons. The third-order valence-electron chi connectivity index (χ3n) is 14.4. The molecule has 4 saturated heterocycles. The Labute approximate surface area is 450 Å². The van der Waals surface area contributed by atoms with Crippen molar-refractivity contribution < 1.29 is 79.3 Å². The summed E-state index contributed by atoms with van der Waals surface area (Å²) in [6.07, 6.45) is 2.05. The van der Waals surface area contributed by atoms with Gasteiger partial charge >= 0.3 is 30.2 Å². The van der Waals surface area contributed by atoms with Gasteiger partial charge < -0.3 is 46.1 Å². The van der Waals surface area contributed by atoms with E-state index in [4.69, 9.17) is 14.6 Å². The van der Waals surface area contributed by atoms with Crippen molar-refractivity contribution >= 4 is 59.3 Å². The molecule has 0 radical (unpaired) electrons. The Morgan fingerprint density at radius 2 is 1.08 bits per heavy atom. The van der Waals surface area contributed by atoms with E-state index < -0.39 is 107 Å². The van der Waals surface area contributed by atoms with Crippen molar-refractivity contribution in [3.63, 3.8) is 0 Å². The van der Waals surface area contributed by atoms with E-state index in [0.29, 0.717) is 64.7 Å². The standard InChI is InChI=1S/C26H25F3N4O5.C15H15N3O6.C11H12F3N.2CH4/c1-13-3-6-20(15-10-18(27)22(29)19(28)11-15)33(13)21(34)12-32-23(35)26(38-25(32)37)8-7-14-9-16(4-5-17(14)26)31-24(36)30-2;1-16-13(22)17-9-2-3-10-8(6-9)4-5-15(10)12(21)18(7-11(19)20)14(23)24-15;1-6-2-3-10(15-6)7-4-8(12)11(14)9(13)5-7;;/h4-5,9-11,13,20H,3,6-8,12H2,1-2H3,(H2,30,31,36);2-3,6H,4-5,7H2,1H3,(H,19,20)(H2,16,17,22);4-6,10,15H,2-3H2,1H3;2*1H4/t13-,20-,26+;15-;6-,10-;;/m010../s1. The zero-order valence-corrected chi connectivity index (χ0v) is 41.8. The molecule has 4 aromatic carbocycles. The van der Waals surface area contributed by atoms with Crippen molar-refractivity contribution in [2.45, 2.75) is 115 Å². The summed E-state index contributed by atoms with van der Waals surface area (Å²) in [5.41, 5.74) is 1.09. The van der Waals surface area contributed by atoms with Crippen LogP contribution in [0.2, 0.25) is 0 Å². The highest BCUT2D eigenvalue weighted by Gasteiger charge is 2.60. The number of aliphatic carboxylic acids is 1. The molecule has 6 aliphatic rings. The Morgan fingerprint density at radius 3 is 1.49 bits per heavy atom. The number of halogens is 6. The molecule has 2 spiro atoms. The fraction of sp³-hybridized carbons (Fsp3) is 0.407. The van der Waals surface area contributed by atoms with Crippen LogP contribution in [0.3, 0.4) is 0 Å². The van der Waals surface area contributed by atoms with Gasteiger partial charge in [-0.1, -0.05) is 27.0 Å². The number of anilines is 2. The SMILES string of the molecule is C.C.CNC(=O)Nc1ccc2c(c1)CC[C@@]21OC(=O)N(CC(=O)N2[C@@H](C)CC[C@H]2c2cc(F)c(F)c(F)c2)C1=O.CNC(=O)Nc1ccc2c(c1)CC[C@@]21OC(=O)N(CC(=O)O)C1=O.C[C@H]1CC[C@@H](c2cc(F)c(F)c(F)c2)N1. The molecule has 6 atom stereocenters. The lowest BCUT2D eigenvalue weighted by Crippen LogP contribution is -2.46. The van der Waals surface area contributed by atoms with E-state index in [2.05, 4.69) is 26.6 Å². The number of nitrogens with one attached hydrogen (secondary N) is 5. The van der Waals surface area contributed by atoms with Crippen molar-refractivity contribution in [2.24, 2.45) is 0 Å². The Balaban J connectivity index is 0.000000210. The summed E-state index contributed by atoms with van der Waals surface area (Å²) in [5.74, 6) is -11.2. The number of carbonyl (C=O) groups is 8. The number of likely N-dealkylation sites (tertiary alicyclic amines) is 1. The van der Waals surface area contributed by atoms with E-state index in [0.717, 1.165) is 53.1 Å². The molecule has 9 amide bonds. The maximum absolute atomic E-state index is 13.9. The summed E-state index contributed by atoms with van der Waals surface area (Å²) in [4.78, 5) is 101. The van der Waals surface area contributed by atoms with Crippen molar-refractivity contribution in [1.82, 2.24) is 30.7 Å². The molecule has 4 aliphatic heterocycles. The summed E-state index contributed by atoms with van der Waals surface area (Å²) in [7, 11) is 2.97. The smallest absolute Gasteiger partial charge is 0.418 e. The molecule has 25 heteroatoms. The van der Waals surface area contributed by atoms with Gasteiger partial charge in [0.2, 0.25) is 17.1 Å². The van der Waals surface area contributed by atoms with Crippen LogP contribution in [0.5, 0.6) is 0 Å². The van der Waals surface area contributed by atoms with E-state index in [9.17, 15) is 64.7 Å². The lowest BCUT2D eigenvalue weighted by molar-refractivity contribution is -0.144. The first-order chi connectivity index (χ1) is 36.5. The molecular weight excluding hydrogens is 1050 g/mol. The largest absolute Gasteiger partial charge is 0.480 e. The number of carbonyl (C=O) groups excluding carboxylic acids is 7. The maximum atomic E-state index is 13.9. The number of carboxylic acid groups (broad SMARTS) is 1. The van der Waals surface area contributed by atoms with Crippen LogP contribution in [0.4, 0.5) is 56.9 Å². The number of hydrogen-bond donors (Lipinski definition) is 6. The zero-order valence-electron chi connectivity index (χ0n) is 41.8. The molecule has 79 heavy (non-hydrogen) atoms. The molecule has 6 N–H and O–H groups in total. The fourth-order valence-corrected chi connectivity index (χ4v) is 10.7. The van der Waals surface area contributed by atoms with Gasteiger partial charge in [0.1, 0.15) is 13.1 Å². The minimum atomic E-state index is -1.60. The van der Waals surface area contributed by atoms with Crippen LogP contribution >= 0.6 is 0 Å². The maximum Gasteiger partial charge on any atom is 0.418 e. The molecule has 4 heterocycles. The van der Waals surface area contributed by atoms with Crippen LogP contribution < -0.4 is 26.6 Å². The second-order valence-electron chi connectivity index (χ2n) is 19.3. The molecule has 0 unspecified atom stereocenters. The first kappa shape index (κ1) is 60.0. The zero-order chi connectivity index (χ0) is 55.8.